The number of para-hydroxylation sites is 1. The van der Waals surface area contributed by atoms with Crippen LogP contribution in [0.2, 0.25) is 0 Å². The van der Waals surface area contributed by atoms with E-state index < -0.39 is 5.60 Å². The van der Waals surface area contributed by atoms with E-state index in [1.165, 1.54) is 0 Å². The highest BCUT2D eigenvalue weighted by Crippen LogP contribution is 2.19. The fourth-order valence-electron chi connectivity index (χ4n) is 3.48. The van der Waals surface area contributed by atoms with Crippen LogP contribution < -0.4 is 10.2 Å². The van der Waals surface area contributed by atoms with Crippen LogP contribution in [0.3, 0.4) is 0 Å². The van der Waals surface area contributed by atoms with Crippen LogP contribution in [0.15, 0.2) is 53.1 Å². The molecule has 3 rings (SSSR count). The normalized spacial score (nSPS) is 15.6. The molecule has 1 fully saturated rings. The van der Waals surface area contributed by atoms with E-state index in [0.29, 0.717) is 13.1 Å². The lowest BCUT2D eigenvalue weighted by molar-refractivity contribution is -0.120. The Morgan fingerprint density at radius 1 is 1.13 bits per heavy atom. The van der Waals surface area contributed by atoms with E-state index in [1.54, 1.807) is 11.2 Å². The Balaban J connectivity index is 1.53. The van der Waals surface area contributed by atoms with Gasteiger partial charge in [0.25, 0.3) is 0 Å². The van der Waals surface area contributed by atoms with Crippen molar-refractivity contribution in [2.75, 3.05) is 24.5 Å². The second-order valence-corrected chi connectivity index (χ2v) is 8.59. The quantitative estimate of drug-likeness (QED) is 0.780. The van der Waals surface area contributed by atoms with Gasteiger partial charge in [-0.15, -0.1) is 0 Å². The van der Waals surface area contributed by atoms with Crippen molar-refractivity contribution in [1.29, 1.82) is 0 Å². The number of carbonyl (C=O) groups is 2. The van der Waals surface area contributed by atoms with E-state index in [2.05, 4.69) is 10.2 Å². The predicted octanol–water partition coefficient (Wildman–Crippen LogP) is 3.80. The minimum Gasteiger partial charge on any atom is -0.467 e. The molecule has 1 aromatic heterocycles. The maximum absolute atomic E-state index is 13.1. The van der Waals surface area contributed by atoms with Crippen molar-refractivity contribution in [2.45, 2.75) is 51.8 Å². The summed E-state index contributed by atoms with van der Waals surface area (Å²) in [6, 6.07) is 13.4. The summed E-state index contributed by atoms with van der Waals surface area (Å²) in [6.07, 6.45) is 2.81. The fraction of sp³-hybridized carbons (Fsp3) is 0.478. The van der Waals surface area contributed by atoms with Gasteiger partial charge in [0.15, 0.2) is 0 Å². The third-order valence-corrected chi connectivity index (χ3v) is 4.93. The average molecular weight is 414 g/mol. The summed E-state index contributed by atoms with van der Waals surface area (Å²) in [5, 5.41) is 2.93. The summed E-state index contributed by atoms with van der Waals surface area (Å²) < 4.78 is 10.8. The van der Waals surface area contributed by atoms with Gasteiger partial charge in [-0.1, -0.05) is 18.2 Å². The third kappa shape index (κ3) is 6.62. The lowest BCUT2D eigenvalue weighted by Crippen LogP contribution is -2.48. The molecule has 30 heavy (non-hydrogen) atoms. The van der Waals surface area contributed by atoms with Gasteiger partial charge in [0.1, 0.15) is 11.4 Å². The maximum Gasteiger partial charge on any atom is 0.407 e. The largest absolute Gasteiger partial charge is 0.467 e. The lowest BCUT2D eigenvalue weighted by atomic mass is 10.1. The number of ether oxygens (including phenoxy) is 1. The standard InChI is InChI=1S/C23H31N3O4/c1-23(2,3)30-22(28)24-18-11-13-25(14-12-18)17-21(27)26(16-20-10-7-15-29-20)19-8-5-4-6-9-19/h4-10,15,18H,11-14,16-17H2,1-3H3,(H,24,28). The van der Waals surface area contributed by atoms with Gasteiger partial charge in [0.2, 0.25) is 5.91 Å². The number of carbonyl (C=O) groups excluding carboxylic acids is 2. The molecule has 1 N–H and O–H groups in total. The monoisotopic (exact) mass is 413 g/mol. The molecule has 0 spiro atoms. The highest BCUT2D eigenvalue weighted by atomic mass is 16.6. The van der Waals surface area contributed by atoms with E-state index in [1.807, 2.05) is 63.2 Å². The number of hydrogen-bond donors (Lipinski definition) is 1. The molecule has 1 aromatic carbocycles. The molecule has 162 valence electrons. The smallest absolute Gasteiger partial charge is 0.407 e. The predicted molar refractivity (Wildman–Crippen MR) is 115 cm³/mol. The number of furan rings is 1. The molecule has 7 nitrogen and oxygen atoms in total. The average Bonchev–Trinajstić information content (AvgIpc) is 3.20. The number of alkyl carbamates (subject to hydrolysis) is 1. The fourth-order valence-corrected chi connectivity index (χ4v) is 3.48. The molecule has 0 bridgehead atoms. The lowest BCUT2D eigenvalue weighted by Gasteiger charge is -2.33. The molecule has 2 heterocycles. The van der Waals surface area contributed by atoms with Crippen molar-refractivity contribution < 1.29 is 18.7 Å². The van der Waals surface area contributed by atoms with Crippen LogP contribution in [0.1, 0.15) is 39.4 Å². The van der Waals surface area contributed by atoms with Crippen LogP contribution in [-0.2, 0) is 16.1 Å². The summed E-state index contributed by atoms with van der Waals surface area (Å²) in [5.41, 5.74) is 0.340. The van der Waals surface area contributed by atoms with Gasteiger partial charge in [0, 0.05) is 24.8 Å². The van der Waals surface area contributed by atoms with Crippen LogP contribution in [0.25, 0.3) is 0 Å². The van der Waals surface area contributed by atoms with E-state index >= 15 is 0 Å². The molecule has 0 atom stereocenters. The minimum atomic E-state index is -0.508. The molecule has 7 heteroatoms. The van der Waals surface area contributed by atoms with E-state index in [0.717, 1.165) is 37.4 Å². The SMILES string of the molecule is CC(C)(C)OC(=O)NC1CCN(CC(=O)N(Cc2ccco2)c2ccccc2)CC1. The zero-order valence-electron chi connectivity index (χ0n) is 18.0. The number of hydrogen-bond acceptors (Lipinski definition) is 5. The van der Waals surface area contributed by atoms with E-state index in [-0.39, 0.29) is 18.0 Å². The zero-order valence-corrected chi connectivity index (χ0v) is 18.0. The van der Waals surface area contributed by atoms with Gasteiger partial charge in [-0.25, -0.2) is 4.79 Å². The molecular formula is C23H31N3O4. The Kier molecular flexibility index (Phi) is 7.15. The molecule has 2 amide bonds. The van der Waals surface area contributed by atoms with Crippen molar-refractivity contribution in [3.05, 3.63) is 54.5 Å². The number of nitrogens with one attached hydrogen (secondary N) is 1. The van der Waals surface area contributed by atoms with Crippen molar-refractivity contribution in [2.24, 2.45) is 0 Å². The Morgan fingerprint density at radius 2 is 1.83 bits per heavy atom. The van der Waals surface area contributed by atoms with Gasteiger partial charge in [-0.05, 0) is 57.9 Å². The number of anilines is 1. The number of likely N-dealkylation sites (tertiary alicyclic amines) is 1. The Labute approximate surface area is 178 Å². The van der Waals surface area contributed by atoms with Gasteiger partial charge >= 0.3 is 6.09 Å². The number of benzene rings is 1. The first-order valence-electron chi connectivity index (χ1n) is 10.4. The highest BCUT2D eigenvalue weighted by Gasteiger charge is 2.26. The molecular weight excluding hydrogens is 382 g/mol. The topological polar surface area (TPSA) is 75.0 Å². The number of piperidine rings is 1. The third-order valence-electron chi connectivity index (χ3n) is 4.93. The van der Waals surface area contributed by atoms with Crippen LogP contribution in [0.5, 0.6) is 0 Å². The first-order chi connectivity index (χ1) is 14.3. The van der Waals surface area contributed by atoms with E-state index in [4.69, 9.17) is 9.15 Å². The van der Waals surface area contributed by atoms with Crippen LogP contribution in [0.4, 0.5) is 10.5 Å². The molecule has 0 radical (unpaired) electrons. The summed E-state index contributed by atoms with van der Waals surface area (Å²) in [5.74, 6) is 0.767. The minimum absolute atomic E-state index is 0.0242. The molecule has 1 aliphatic heterocycles. The van der Waals surface area contributed by atoms with Crippen LogP contribution >= 0.6 is 0 Å². The summed E-state index contributed by atoms with van der Waals surface area (Å²) >= 11 is 0. The zero-order chi connectivity index (χ0) is 21.6. The number of rotatable bonds is 6. The van der Waals surface area contributed by atoms with Crippen LogP contribution in [-0.4, -0.2) is 48.2 Å². The molecule has 1 aliphatic rings. The Morgan fingerprint density at radius 3 is 2.43 bits per heavy atom. The van der Waals surface area contributed by atoms with Gasteiger partial charge in [0.05, 0.1) is 19.4 Å². The second kappa shape index (κ2) is 9.80. The molecule has 0 unspecified atom stereocenters. The Bertz CT molecular complexity index is 807. The highest BCUT2D eigenvalue weighted by molar-refractivity contribution is 5.94. The Hall–Kier alpha value is -2.80. The molecule has 1 saturated heterocycles. The first-order valence-corrected chi connectivity index (χ1v) is 10.4. The molecule has 0 saturated carbocycles. The van der Waals surface area contributed by atoms with Crippen molar-refractivity contribution >= 4 is 17.7 Å². The summed E-state index contributed by atoms with van der Waals surface area (Å²) in [4.78, 5) is 29.0. The molecule has 2 aromatic rings. The number of amides is 2. The summed E-state index contributed by atoms with van der Waals surface area (Å²) in [7, 11) is 0. The van der Waals surface area contributed by atoms with Crippen LogP contribution in [0, 0.1) is 0 Å². The van der Waals surface area contributed by atoms with Crippen molar-refractivity contribution in [3.63, 3.8) is 0 Å². The van der Waals surface area contributed by atoms with Crippen molar-refractivity contribution in [3.8, 4) is 0 Å². The van der Waals surface area contributed by atoms with Crippen molar-refractivity contribution in [1.82, 2.24) is 10.2 Å². The molecule has 0 aliphatic carbocycles. The van der Waals surface area contributed by atoms with Gasteiger partial charge in [-0.3, -0.25) is 9.69 Å². The summed E-state index contributed by atoms with van der Waals surface area (Å²) in [6.45, 7) is 7.76. The number of nitrogens with zero attached hydrogens (tertiary/aromatic N) is 2. The maximum atomic E-state index is 13.1. The van der Waals surface area contributed by atoms with Gasteiger partial charge in [-0.2, -0.15) is 0 Å². The van der Waals surface area contributed by atoms with E-state index in [9.17, 15) is 9.59 Å². The van der Waals surface area contributed by atoms with Gasteiger partial charge < -0.3 is 19.4 Å². The second-order valence-electron chi connectivity index (χ2n) is 8.59. The first kappa shape index (κ1) is 21.9.